The molecule has 92 valence electrons. The van der Waals surface area contributed by atoms with Crippen LogP contribution in [0.1, 0.15) is 43.0 Å². The van der Waals surface area contributed by atoms with Crippen LogP contribution in [0.5, 0.6) is 0 Å². The second kappa shape index (κ2) is 7.05. The number of thiophene rings is 1. The van der Waals surface area contributed by atoms with Gasteiger partial charge in [-0.3, -0.25) is 0 Å². The monoisotopic (exact) mass is 241 g/mol. The molecule has 2 atom stereocenters. The van der Waals surface area contributed by atoms with E-state index in [1.165, 1.54) is 9.75 Å². The molecule has 1 rings (SSSR count). The van der Waals surface area contributed by atoms with Gasteiger partial charge in [-0.25, -0.2) is 0 Å². The highest BCUT2D eigenvalue weighted by molar-refractivity contribution is 7.12. The molecule has 2 nitrogen and oxygen atoms in total. The van der Waals surface area contributed by atoms with E-state index < -0.39 is 0 Å². The van der Waals surface area contributed by atoms with Gasteiger partial charge in [-0.05, 0) is 45.9 Å². The van der Waals surface area contributed by atoms with Crippen molar-refractivity contribution in [3.8, 4) is 0 Å². The maximum absolute atomic E-state index is 5.71. The molecule has 1 heterocycles. The molecular weight excluding hydrogens is 218 g/mol. The Morgan fingerprint density at radius 2 is 2.12 bits per heavy atom. The zero-order valence-electron chi connectivity index (χ0n) is 10.7. The summed E-state index contributed by atoms with van der Waals surface area (Å²) in [6.07, 6.45) is 1.38. The third-order valence-corrected chi connectivity index (χ3v) is 3.66. The summed E-state index contributed by atoms with van der Waals surface area (Å²) in [7, 11) is 0. The van der Waals surface area contributed by atoms with Crippen LogP contribution in [-0.2, 0) is 4.74 Å². The number of aryl methyl sites for hydroxylation is 1. The van der Waals surface area contributed by atoms with Crippen LogP contribution in [0.15, 0.2) is 12.1 Å². The topological polar surface area (TPSA) is 21.3 Å². The fraction of sp³-hybridized carbons (Fsp3) is 0.692. The second-order valence-electron chi connectivity index (χ2n) is 4.04. The molecule has 16 heavy (non-hydrogen) atoms. The molecular formula is C13H23NOS. The number of hydrogen-bond donors (Lipinski definition) is 1. The van der Waals surface area contributed by atoms with Crippen LogP contribution >= 0.6 is 11.3 Å². The summed E-state index contributed by atoms with van der Waals surface area (Å²) in [5.74, 6) is 0. The molecule has 0 aliphatic heterocycles. The largest absolute Gasteiger partial charge is 0.377 e. The first kappa shape index (κ1) is 13.7. The van der Waals surface area contributed by atoms with Crippen molar-refractivity contribution in [3.63, 3.8) is 0 Å². The molecule has 0 spiro atoms. The van der Waals surface area contributed by atoms with E-state index in [1.54, 1.807) is 0 Å². The van der Waals surface area contributed by atoms with Gasteiger partial charge in [-0.15, -0.1) is 11.3 Å². The van der Waals surface area contributed by atoms with E-state index >= 15 is 0 Å². The Morgan fingerprint density at radius 3 is 2.62 bits per heavy atom. The second-order valence-corrected chi connectivity index (χ2v) is 5.36. The highest BCUT2D eigenvalue weighted by Crippen LogP contribution is 2.26. The minimum absolute atomic E-state index is 0.231. The number of hydrogen-bond acceptors (Lipinski definition) is 3. The molecule has 0 fully saturated rings. The van der Waals surface area contributed by atoms with Crippen molar-refractivity contribution in [2.45, 2.75) is 46.3 Å². The van der Waals surface area contributed by atoms with Gasteiger partial charge in [0, 0.05) is 16.4 Å². The van der Waals surface area contributed by atoms with Crippen LogP contribution in [-0.4, -0.2) is 19.3 Å². The third kappa shape index (κ3) is 3.89. The van der Waals surface area contributed by atoms with Crippen LogP contribution < -0.4 is 5.32 Å². The van der Waals surface area contributed by atoms with Crippen molar-refractivity contribution in [3.05, 3.63) is 21.9 Å². The van der Waals surface area contributed by atoms with E-state index in [0.717, 1.165) is 19.6 Å². The third-order valence-electron chi connectivity index (χ3n) is 2.58. The van der Waals surface area contributed by atoms with Gasteiger partial charge in [0.1, 0.15) is 0 Å². The molecule has 1 aromatic rings. The quantitative estimate of drug-likeness (QED) is 0.788. The van der Waals surface area contributed by atoms with Crippen LogP contribution in [0.2, 0.25) is 0 Å². The zero-order valence-corrected chi connectivity index (χ0v) is 11.6. The number of ether oxygens (including phenoxy) is 1. The molecule has 0 aliphatic rings. The Morgan fingerprint density at radius 1 is 1.38 bits per heavy atom. The normalized spacial score (nSPS) is 15.0. The fourth-order valence-corrected chi connectivity index (χ4v) is 2.82. The van der Waals surface area contributed by atoms with Gasteiger partial charge in [0.15, 0.2) is 0 Å². The first-order valence-electron chi connectivity index (χ1n) is 6.10. The van der Waals surface area contributed by atoms with Gasteiger partial charge < -0.3 is 10.1 Å². The number of nitrogens with one attached hydrogen (secondary N) is 1. The summed E-state index contributed by atoms with van der Waals surface area (Å²) in [6.45, 7) is 10.3. The van der Waals surface area contributed by atoms with E-state index in [0.29, 0.717) is 6.04 Å². The molecule has 0 radical (unpaired) electrons. The van der Waals surface area contributed by atoms with E-state index in [9.17, 15) is 0 Å². The lowest BCUT2D eigenvalue weighted by atomic mass is 10.1. The van der Waals surface area contributed by atoms with Gasteiger partial charge in [-0.1, -0.05) is 6.92 Å². The Hall–Kier alpha value is -0.380. The summed E-state index contributed by atoms with van der Waals surface area (Å²) in [5, 5.41) is 3.57. The van der Waals surface area contributed by atoms with Gasteiger partial charge in [0.05, 0.1) is 12.1 Å². The van der Waals surface area contributed by atoms with Crippen LogP contribution in [0.25, 0.3) is 0 Å². The summed E-state index contributed by atoms with van der Waals surface area (Å²) in [6, 6.07) is 4.72. The van der Waals surface area contributed by atoms with Crippen molar-refractivity contribution in [2.75, 3.05) is 13.2 Å². The van der Waals surface area contributed by atoms with E-state index in [4.69, 9.17) is 4.74 Å². The number of rotatable bonds is 7. The molecule has 0 aliphatic carbocycles. The Balaban J connectivity index is 2.69. The first-order valence-corrected chi connectivity index (χ1v) is 6.92. The summed E-state index contributed by atoms with van der Waals surface area (Å²) in [5.41, 5.74) is 0. The van der Waals surface area contributed by atoms with Crippen LogP contribution in [0.4, 0.5) is 0 Å². The first-order chi connectivity index (χ1) is 7.69. The molecule has 0 bridgehead atoms. The van der Waals surface area contributed by atoms with E-state index in [-0.39, 0.29) is 6.10 Å². The molecule has 0 amide bonds. The van der Waals surface area contributed by atoms with Crippen molar-refractivity contribution in [2.24, 2.45) is 0 Å². The van der Waals surface area contributed by atoms with Gasteiger partial charge in [-0.2, -0.15) is 0 Å². The molecule has 1 N–H and O–H groups in total. The Kier molecular flexibility index (Phi) is 6.03. The highest BCUT2D eigenvalue weighted by Gasteiger charge is 2.20. The predicted octanol–water partition coefficient (Wildman–Crippen LogP) is 3.52. The van der Waals surface area contributed by atoms with Crippen molar-refractivity contribution >= 4 is 11.3 Å². The smallest absolute Gasteiger partial charge is 0.0749 e. The van der Waals surface area contributed by atoms with Crippen LogP contribution in [0, 0.1) is 6.92 Å². The maximum Gasteiger partial charge on any atom is 0.0749 e. The molecule has 1 aromatic heterocycles. The average Bonchev–Trinajstić information content (AvgIpc) is 2.66. The SMILES string of the molecule is CCCNC(c1ccc(C)s1)C(C)OCC. The summed E-state index contributed by atoms with van der Waals surface area (Å²) in [4.78, 5) is 2.74. The average molecular weight is 241 g/mol. The van der Waals surface area contributed by atoms with Crippen molar-refractivity contribution in [1.82, 2.24) is 5.32 Å². The molecule has 0 saturated carbocycles. The van der Waals surface area contributed by atoms with Gasteiger partial charge >= 0.3 is 0 Å². The van der Waals surface area contributed by atoms with E-state index in [1.807, 2.05) is 18.3 Å². The fourth-order valence-electron chi connectivity index (χ4n) is 1.78. The highest BCUT2D eigenvalue weighted by atomic mass is 32.1. The predicted molar refractivity (Wildman–Crippen MR) is 71.2 cm³/mol. The minimum Gasteiger partial charge on any atom is -0.377 e. The lowest BCUT2D eigenvalue weighted by molar-refractivity contribution is 0.0482. The van der Waals surface area contributed by atoms with Crippen LogP contribution in [0.3, 0.4) is 0 Å². The molecule has 3 heteroatoms. The van der Waals surface area contributed by atoms with Crippen molar-refractivity contribution in [1.29, 1.82) is 0 Å². The molecule has 0 saturated heterocycles. The standard InChI is InChI=1S/C13H23NOS/c1-5-9-14-13(11(4)15-6-2)12-8-7-10(3)16-12/h7-8,11,13-14H,5-6,9H2,1-4H3. The lowest BCUT2D eigenvalue weighted by Gasteiger charge is -2.24. The van der Waals surface area contributed by atoms with Gasteiger partial charge in [0.2, 0.25) is 0 Å². The molecule has 2 unspecified atom stereocenters. The van der Waals surface area contributed by atoms with Crippen molar-refractivity contribution < 1.29 is 4.74 Å². The lowest BCUT2D eigenvalue weighted by Crippen LogP contribution is -2.32. The summed E-state index contributed by atoms with van der Waals surface area (Å²) < 4.78 is 5.71. The molecule has 0 aromatic carbocycles. The maximum atomic E-state index is 5.71. The Labute approximate surface area is 103 Å². The minimum atomic E-state index is 0.231. The van der Waals surface area contributed by atoms with Gasteiger partial charge in [0.25, 0.3) is 0 Å². The van der Waals surface area contributed by atoms with E-state index in [2.05, 4.69) is 38.2 Å². The summed E-state index contributed by atoms with van der Waals surface area (Å²) >= 11 is 1.86. The zero-order chi connectivity index (χ0) is 12.0. The Bertz CT molecular complexity index is 298.